The fourth-order valence-corrected chi connectivity index (χ4v) is 1.72. The van der Waals surface area contributed by atoms with Gasteiger partial charge in [-0.3, -0.25) is 4.79 Å². The Hall–Kier alpha value is -2.03. The lowest BCUT2D eigenvalue weighted by molar-refractivity contribution is -0.142. The van der Waals surface area contributed by atoms with Crippen LogP contribution in [-0.2, 0) is 22.1 Å². The van der Waals surface area contributed by atoms with Crippen LogP contribution in [0.4, 0.5) is 13.2 Å². The first kappa shape index (κ1) is 15.0. The van der Waals surface area contributed by atoms with E-state index in [1.54, 1.807) is 6.92 Å². The minimum Gasteiger partial charge on any atom is -0.466 e. The van der Waals surface area contributed by atoms with Gasteiger partial charge >= 0.3 is 12.1 Å². The maximum absolute atomic E-state index is 12.8. The molecule has 102 valence electrons. The molecule has 0 aliphatic heterocycles. The summed E-state index contributed by atoms with van der Waals surface area (Å²) in [6.45, 7) is 3.21. The van der Waals surface area contributed by atoms with Gasteiger partial charge in [0.05, 0.1) is 24.2 Å². The predicted molar refractivity (Wildman–Crippen MR) is 61.2 cm³/mol. The molecule has 1 aromatic carbocycles. The van der Waals surface area contributed by atoms with Crippen molar-refractivity contribution < 1.29 is 22.7 Å². The number of alkyl halides is 3. The molecule has 3 nitrogen and oxygen atoms in total. The zero-order valence-corrected chi connectivity index (χ0v) is 10.5. The standard InChI is InChI=1S/C13H12F3NO2/c1-3-19-12(18)6-9-4-8(2)5-11(10(9)7-17)13(14,15)16/h4-5H,3,6H2,1-2H3. The molecule has 6 heteroatoms. The lowest BCUT2D eigenvalue weighted by Gasteiger charge is -2.13. The molecule has 0 radical (unpaired) electrons. The zero-order valence-electron chi connectivity index (χ0n) is 10.5. The summed E-state index contributed by atoms with van der Waals surface area (Å²) in [7, 11) is 0. The van der Waals surface area contributed by atoms with E-state index in [1.807, 2.05) is 0 Å². The molecule has 1 rings (SSSR count). The molecule has 0 aromatic heterocycles. The highest BCUT2D eigenvalue weighted by molar-refractivity contribution is 5.74. The second-order valence-corrected chi connectivity index (χ2v) is 3.94. The average Bonchev–Trinajstić information content (AvgIpc) is 2.27. The van der Waals surface area contributed by atoms with E-state index < -0.39 is 23.3 Å². The van der Waals surface area contributed by atoms with Gasteiger partial charge in [0.1, 0.15) is 6.07 Å². The second kappa shape index (κ2) is 5.74. The number of ether oxygens (including phenoxy) is 1. The van der Waals surface area contributed by atoms with Crippen molar-refractivity contribution in [3.8, 4) is 6.07 Å². The lowest BCUT2D eigenvalue weighted by Crippen LogP contribution is -2.14. The third-order valence-corrected chi connectivity index (χ3v) is 2.42. The number of hydrogen-bond acceptors (Lipinski definition) is 3. The van der Waals surface area contributed by atoms with E-state index in [0.717, 1.165) is 6.07 Å². The van der Waals surface area contributed by atoms with Crippen molar-refractivity contribution in [2.45, 2.75) is 26.4 Å². The van der Waals surface area contributed by atoms with E-state index >= 15 is 0 Å². The van der Waals surface area contributed by atoms with Crippen molar-refractivity contribution >= 4 is 5.97 Å². The molecule has 0 amide bonds. The molecule has 0 unspecified atom stereocenters. The topological polar surface area (TPSA) is 50.1 Å². The summed E-state index contributed by atoms with van der Waals surface area (Å²) in [6, 6.07) is 3.81. The Morgan fingerprint density at radius 1 is 1.42 bits per heavy atom. The van der Waals surface area contributed by atoms with Crippen LogP contribution in [-0.4, -0.2) is 12.6 Å². The Morgan fingerprint density at radius 3 is 2.53 bits per heavy atom. The first-order valence-electron chi connectivity index (χ1n) is 5.56. The summed E-state index contributed by atoms with van der Waals surface area (Å²) in [6.07, 6.45) is -4.97. The maximum atomic E-state index is 12.8. The fraction of sp³-hybridized carbons (Fsp3) is 0.385. The van der Waals surface area contributed by atoms with E-state index in [-0.39, 0.29) is 18.6 Å². The molecule has 0 saturated heterocycles. The van der Waals surface area contributed by atoms with E-state index in [4.69, 9.17) is 5.26 Å². The van der Waals surface area contributed by atoms with Crippen LogP contribution in [0.15, 0.2) is 12.1 Å². The second-order valence-electron chi connectivity index (χ2n) is 3.94. The van der Waals surface area contributed by atoms with E-state index in [9.17, 15) is 18.0 Å². The van der Waals surface area contributed by atoms with Crippen LogP contribution < -0.4 is 0 Å². The van der Waals surface area contributed by atoms with Crippen LogP contribution in [0.2, 0.25) is 0 Å². The Bertz CT molecular complexity index is 530. The van der Waals surface area contributed by atoms with Gasteiger partial charge in [-0.05, 0) is 25.5 Å². The molecule has 1 aromatic rings. The lowest BCUT2D eigenvalue weighted by atomic mass is 9.96. The quantitative estimate of drug-likeness (QED) is 0.794. The molecular formula is C13H12F3NO2. The summed E-state index contributed by atoms with van der Waals surface area (Å²) in [5, 5.41) is 8.89. The van der Waals surface area contributed by atoms with E-state index in [0.29, 0.717) is 5.56 Å². The Balaban J connectivity index is 3.29. The molecule has 0 saturated carbocycles. The van der Waals surface area contributed by atoms with Crippen LogP contribution in [0.25, 0.3) is 0 Å². The van der Waals surface area contributed by atoms with Crippen molar-refractivity contribution in [2.75, 3.05) is 6.61 Å². The molecule has 0 aliphatic rings. The maximum Gasteiger partial charge on any atom is 0.417 e. The number of hydrogen-bond donors (Lipinski definition) is 0. The van der Waals surface area contributed by atoms with Crippen LogP contribution in [0.5, 0.6) is 0 Å². The highest BCUT2D eigenvalue weighted by Crippen LogP contribution is 2.34. The summed E-state index contributed by atoms with van der Waals surface area (Å²) >= 11 is 0. The number of carbonyl (C=O) groups is 1. The average molecular weight is 271 g/mol. The summed E-state index contributed by atoms with van der Waals surface area (Å²) in [5.41, 5.74) is -1.17. The van der Waals surface area contributed by atoms with Crippen molar-refractivity contribution in [1.29, 1.82) is 5.26 Å². The third-order valence-electron chi connectivity index (χ3n) is 2.42. The van der Waals surface area contributed by atoms with E-state index in [2.05, 4.69) is 4.74 Å². The number of esters is 1. The van der Waals surface area contributed by atoms with Gasteiger partial charge < -0.3 is 4.74 Å². The van der Waals surface area contributed by atoms with Gasteiger partial charge in [-0.15, -0.1) is 0 Å². The molecule has 0 spiro atoms. The minimum absolute atomic E-state index is 0.0354. The minimum atomic E-state index is -4.62. The molecule has 19 heavy (non-hydrogen) atoms. The van der Waals surface area contributed by atoms with Crippen molar-refractivity contribution in [3.05, 3.63) is 34.4 Å². The van der Waals surface area contributed by atoms with Gasteiger partial charge in [-0.2, -0.15) is 18.4 Å². The molecule has 0 atom stereocenters. The summed E-state index contributed by atoms with van der Waals surface area (Å²) in [5.74, 6) is -0.655. The number of aryl methyl sites for hydroxylation is 1. The zero-order chi connectivity index (χ0) is 14.6. The predicted octanol–water partition coefficient (Wildman–Crippen LogP) is 2.99. The molecule has 0 bridgehead atoms. The van der Waals surface area contributed by atoms with Crippen molar-refractivity contribution in [1.82, 2.24) is 0 Å². The van der Waals surface area contributed by atoms with E-state index in [1.165, 1.54) is 19.1 Å². The first-order chi connectivity index (χ1) is 8.79. The van der Waals surface area contributed by atoms with Crippen molar-refractivity contribution in [3.63, 3.8) is 0 Å². The normalized spacial score (nSPS) is 10.9. The number of benzene rings is 1. The van der Waals surface area contributed by atoms with Gasteiger partial charge in [-0.1, -0.05) is 11.6 Å². The monoisotopic (exact) mass is 271 g/mol. The first-order valence-corrected chi connectivity index (χ1v) is 5.56. The molecule has 0 fully saturated rings. The van der Waals surface area contributed by atoms with Gasteiger partial charge in [0.25, 0.3) is 0 Å². The largest absolute Gasteiger partial charge is 0.466 e. The summed E-state index contributed by atoms with van der Waals surface area (Å²) in [4.78, 5) is 11.3. The van der Waals surface area contributed by atoms with Gasteiger partial charge in [0.15, 0.2) is 0 Å². The number of nitrogens with zero attached hydrogens (tertiary/aromatic N) is 1. The molecule has 0 N–H and O–H groups in total. The van der Waals surface area contributed by atoms with Crippen LogP contribution in [0, 0.1) is 18.3 Å². The molecule has 0 aliphatic carbocycles. The Labute approximate surface area is 108 Å². The highest BCUT2D eigenvalue weighted by atomic mass is 19.4. The molecule has 0 heterocycles. The van der Waals surface area contributed by atoms with Crippen LogP contribution >= 0.6 is 0 Å². The SMILES string of the molecule is CCOC(=O)Cc1cc(C)cc(C(F)(F)F)c1C#N. The fourth-order valence-electron chi connectivity index (χ4n) is 1.72. The Kier molecular flexibility index (Phi) is 4.54. The number of carbonyl (C=O) groups excluding carboxylic acids is 1. The van der Waals surface area contributed by atoms with Crippen LogP contribution in [0.3, 0.4) is 0 Å². The molecular weight excluding hydrogens is 259 g/mol. The third kappa shape index (κ3) is 3.71. The number of halogens is 3. The van der Waals surface area contributed by atoms with Gasteiger partial charge in [-0.25, -0.2) is 0 Å². The summed E-state index contributed by atoms with van der Waals surface area (Å²) < 4.78 is 43.1. The van der Waals surface area contributed by atoms with Gasteiger partial charge in [0.2, 0.25) is 0 Å². The van der Waals surface area contributed by atoms with Crippen molar-refractivity contribution in [2.24, 2.45) is 0 Å². The highest BCUT2D eigenvalue weighted by Gasteiger charge is 2.35. The smallest absolute Gasteiger partial charge is 0.417 e. The number of rotatable bonds is 3. The van der Waals surface area contributed by atoms with Gasteiger partial charge in [0, 0.05) is 0 Å². The Morgan fingerprint density at radius 2 is 2.05 bits per heavy atom. The van der Waals surface area contributed by atoms with Crippen LogP contribution in [0.1, 0.15) is 29.2 Å². The number of nitriles is 1.